The second-order valence-corrected chi connectivity index (χ2v) is 7.77. The zero-order chi connectivity index (χ0) is 20.3. The number of ketones is 1. The van der Waals surface area contributed by atoms with Gasteiger partial charge in [-0.1, -0.05) is 51.2 Å². The fraction of sp³-hybridized carbons (Fsp3) is 0.250. The van der Waals surface area contributed by atoms with E-state index in [9.17, 15) is 4.79 Å². The van der Waals surface area contributed by atoms with E-state index in [4.69, 9.17) is 39.6 Å². The SMILES string of the molecule is CON=CCC(=O)c1ccc(C2=NOC(C)(c3cc(Cl)cc(Cl)c3)C2)cc1Cl. The first-order chi connectivity index (χ1) is 13.3. The number of hydrogen-bond donors (Lipinski definition) is 0. The number of carbonyl (C=O) groups is 1. The summed E-state index contributed by atoms with van der Waals surface area (Å²) in [5.41, 5.74) is 2.06. The standard InChI is InChI=1S/C20H17Cl3N2O3/c1-20(13-8-14(21)10-15(22)9-13)11-18(25-28-20)12-3-4-16(17(23)7-12)19(26)5-6-24-27-2/h3-4,6-10H,5,11H2,1-2H3. The first kappa shape index (κ1) is 20.6. The van der Waals surface area contributed by atoms with Gasteiger partial charge in [-0.25, -0.2) is 0 Å². The summed E-state index contributed by atoms with van der Waals surface area (Å²) >= 11 is 18.5. The average molecular weight is 440 g/mol. The molecule has 0 aliphatic carbocycles. The molecule has 3 rings (SSSR count). The van der Waals surface area contributed by atoms with Crippen molar-refractivity contribution < 1.29 is 14.5 Å². The normalized spacial score (nSPS) is 18.8. The second-order valence-electron chi connectivity index (χ2n) is 6.49. The maximum atomic E-state index is 12.2. The average Bonchev–Trinajstić information content (AvgIpc) is 3.04. The van der Waals surface area contributed by atoms with E-state index in [1.54, 1.807) is 24.3 Å². The van der Waals surface area contributed by atoms with Crippen LogP contribution in [0.5, 0.6) is 0 Å². The zero-order valence-electron chi connectivity index (χ0n) is 15.2. The molecule has 0 spiro atoms. The van der Waals surface area contributed by atoms with Crippen LogP contribution in [-0.4, -0.2) is 24.8 Å². The van der Waals surface area contributed by atoms with Gasteiger partial charge in [0.2, 0.25) is 0 Å². The Morgan fingerprint density at radius 2 is 1.96 bits per heavy atom. The summed E-state index contributed by atoms with van der Waals surface area (Å²) in [7, 11) is 1.41. The Bertz CT molecular complexity index is 955. The number of nitrogens with zero attached hydrogens (tertiary/aromatic N) is 2. The number of rotatable bonds is 6. The molecule has 28 heavy (non-hydrogen) atoms. The molecule has 1 heterocycles. The maximum absolute atomic E-state index is 12.2. The lowest BCUT2D eigenvalue weighted by Gasteiger charge is -2.22. The molecule has 146 valence electrons. The summed E-state index contributed by atoms with van der Waals surface area (Å²) in [5, 5.41) is 9.19. The summed E-state index contributed by atoms with van der Waals surface area (Å²) in [4.78, 5) is 22.5. The van der Waals surface area contributed by atoms with Crippen LogP contribution in [0.25, 0.3) is 0 Å². The number of carbonyl (C=O) groups excluding carboxylic acids is 1. The lowest BCUT2D eigenvalue weighted by Crippen LogP contribution is -2.22. The fourth-order valence-electron chi connectivity index (χ4n) is 2.93. The van der Waals surface area contributed by atoms with Gasteiger partial charge in [0.15, 0.2) is 11.4 Å². The Labute approximate surface area is 177 Å². The van der Waals surface area contributed by atoms with E-state index in [1.807, 2.05) is 19.1 Å². The van der Waals surface area contributed by atoms with Gasteiger partial charge in [0.05, 0.1) is 16.9 Å². The molecule has 0 amide bonds. The van der Waals surface area contributed by atoms with Crippen molar-refractivity contribution >= 4 is 52.5 Å². The highest BCUT2D eigenvalue weighted by atomic mass is 35.5. The molecular weight excluding hydrogens is 423 g/mol. The number of Topliss-reactive ketones (excluding diaryl/α,β-unsaturated/α-hetero) is 1. The van der Waals surface area contributed by atoms with E-state index in [0.29, 0.717) is 27.1 Å². The van der Waals surface area contributed by atoms with Gasteiger partial charge in [-0.2, -0.15) is 0 Å². The molecule has 0 bridgehead atoms. The second kappa shape index (κ2) is 8.52. The van der Waals surface area contributed by atoms with Crippen molar-refractivity contribution in [2.45, 2.75) is 25.4 Å². The van der Waals surface area contributed by atoms with Gasteiger partial charge in [-0.3, -0.25) is 4.79 Å². The van der Waals surface area contributed by atoms with Crippen molar-refractivity contribution in [3.8, 4) is 0 Å². The molecule has 0 saturated carbocycles. The van der Waals surface area contributed by atoms with E-state index in [-0.39, 0.29) is 12.2 Å². The van der Waals surface area contributed by atoms with Crippen LogP contribution in [0.1, 0.15) is 41.3 Å². The van der Waals surface area contributed by atoms with Crippen LogP contribution >= 0.6 is 34.8 Å². The van der Waals surface area contributed by atoms with Gasteiger partial charge in [-0.05, 0) is 37.3 Å². The summed E-state index contributed by atoms with van der Waals surface area (Å²) in [5.74, 6) is -0.152. The Morgan fingerprint density at radius 3 is 2.61 bits per heavy atom. The molecule has 5 nitrogen and oxygen atoms in total. The smallest absolute Gasteiger partial charge is 0.169 e. The summed E-state index contributed by atoms with van der Waals surface area (Å²) < 4.78 is 0. The Hall–Kier alpha value is -2.08. The van der Waals surface area contributed by atoms with Crippen molar-refractivity contribution in [3.05, 3.63) is 68.2 Å². The topological polar surface area (TPSA) is 60.2 Å². The van der Waals surface area contributed by atoms with Crippen LogP contribution in [0.3, 0.4) is 0 Å². The first-order valence-electron chi connectivity index (χ1n) is 8.42. The van der Waals surface area contributed by atoms with E-state index >= 15 is 0 Å². The summed E-state index contributed by atoms with van der Waals surface area (Å²) in [6.07, 6.45) is 2.00. The van der Waals surface area contributed by atoms with Crippen LogP contribution in [0.4, 0.5) is 0 Å². The van der Waals surface area contributed by atoms with Crippen LogP contribution in [0.15, 0.2) is 46.7 Å². The maximum Gasteiger partial charge on any atom is 0.169 e. The van der Waals surface area contributed by atoms with Crippen molar-refractivity contribution in [3.63, 3.8) is 0 Å². The van der Waals surface area contributed by atoms with Crippen LogP contribution < -0.4 is 0 Å². The molecule has 0 aromatic heterocycles. The van der Waals surface area contributed by atoms with Crippen LogP contribution in [0.2, 0.25) is 15.1 Å². The van der Waals surface area contributed by atoms with E-state index in [1.165, 1.54) is 13.3 Å². The highest BCUT2D eigenvalue weighted by Gasteiger charge is 2.37. The van der Waals surface area contributed by atoms with Crippen LogP contribution in [0, 0.1) is 0 Å². The minimum atomic E-state index is -0.693. The molecule has 2 aromatic carbocycles. The molecule has 2 aromatic rings. The molecule has 1 aliphatic rings. The van der Waals surface area contributed by atoms with Gasteiger partial charge in [0.1, 0.15) is 7.11 Å². The lowest BCUT2D eigenvalue weighted by atomic mass is 9.89. The molecular formula is C20H17Cl3N2O3. The quantitative estimate of drug-likeness (QED) is 0.320. The molecule has 0 saturated heterocycles. The zero-order valence-corrected chi connectivity index (χ0v) is 17.5. The number of benzene rings is 2. The predicted octanol–water partition coefficient (Wildman–Crippen LogP) is 5.89. The van der Waals surface area contributed by atoms with E-state index in [2.05, 4.69) is 15.1 Å². The summed E-state index contributed by atoms with van der Waals surface area (Å²) in [6.45, 7) is 1.92. The Morgan fingerprint density at radius 1 is 1.25 bits per heavy atom. The molecule has 0 fully saturated rings. The third-order valence-electron chi connectivity index (χ3n) is 4.39. The number of halogens is 3. The van der Waals surface area contributed by atoms with Gasteiger partial charge < -0.3 is 9.68 Å². The number of oxime groups is 2. The first-order valence-corrected chi connectivity index (χ1v) is 9.55. The van der Waals surface area contributed by atoms with Gasteiger partial charge in [0, 0.05) is 39.6 Å². The molecule has 1 atom stereocenters. The minimum absolute atomic E-state index is 0.102. The molecule has 0 radical (unpaired) electrons. The van der Waals surface area contributed by atoms with E-state index in [0.717, 1.165) is 16.8 Å². The third kappa shape index (κ3) is 4.49. The van der Waals surface area contributed by atoms with Crippen molar-refractivity contribution in [2.75, 3.05) is 7.11 Å². The summed E-state index contributed by atoms with van der Waals surface area (Å²) in [6, 6.07) is 10.5. The Kier molecular flexibility index (Phi) is 6.28. The Balaban J connectivity index is 1.79. The fourth-order valence-corrected chi connectivity index (χ4v) is 3.75. The minimum Gasteiger partial charge on any atom is -0.399 e. The van der Waals surface area contributed by atoms with E-state index < -0.39 is 5.60 Å². The highest BCUT2D eigenvalue weighted by molar-refractivity contribution is 6.35. The molecule has 1 aliphatic heterocycles. The lowest BCUT2D eigenvalue weighted by molar-refractivity contribution is -0.00737. The van der Waals surface area contributed by atoms with Gasteiger partial charge in [-0.15, -0.1) is 0 Å². The monoisotopic (exact) mass is 438 g/mol. The molecule has 1 unspecified atom stereocenters. The van der Waals surface area contributed by atoms with Crippen molar-refractivity contribution in [1.82, 2.24) is 0 Å². The molecule has 8 heteroatoms. The van der Waals surface area contributed by atoms with Crippen molar-refractivity contribution in [1.29, 1.82) is 0 Å². The third-order valence-corrected chi connectivity index (χ3v) is 5.14. The van der Waals surface area contributed by atoms with Gasteiger partial charge >= 0.3 is 0 Å². The highest BCUT2D eigenvalue weighted by Crippen LogP contribution is 2.38. The van der Waals surface area contributed by atoms with Crippen molar-refractivity contribution in [2.24, 2.45) is 10.3 Å². The number of hydrogen-bond acceptors (Lipinski definition) is 5. The largest absolute Gasteiger partial charge is 0.399 e. The van der Waals surface area contributed by atoms with Crippen LogP contribution in [-0.2, 0) is 15.3 Å². The van der Waals surface area contributed by atoms with Gasteiger partial charge in [0.25, 0.3) is 0 Å². The molecule has 0 N–H and O–H groups in total. The predicted molar refractivity (Wildman–Crippen MR) is 112 cm³/mol.